The smallest absolute Gasteiger partial charge is 0.222 e. The molecule has 7 nitrogen and oxygen atoms in total. The van der Waals surface area contributed by atoms with E-state index < -0.39 is 0 Å². The van der Waals surface area contributed by atoms with Gasteiger partial charge in [0.05, 0.1) is 17.9 Å². The Kier molecular flexibility index (Phi) is 4.20. The molecule has 2 aliphatic heterocycles. The number of likely N-dealkylation sites (tertiary alicyclic amines) is 1. The minimum absolute atomic E-state index is 0.0541. The summed E-state index contributed by atoms with van der Waals surface area (Å²) in [7, 11) is 0. The monoisotopic (exact) mass is 329 g/mol. The fourth-order valence-electron chi connectivity index (χ4n) is 3.56. The standard InChI is InChI=1S/C17H23N5O2/c1-13-7-15(21-24-13)9-22-11-17(12-22)4-3-14(10-23-17)8-20-16-18-5-2-6-19-16/h2,5-7,14H,3-4,8-12H2,1H3,(H,18,19,20)/t14-/m0/s1. The molecule has 7 heteroatoms. The third-order valence-corrected chi connectivity index (χ3v) is 4.83. The average molecular weight is 329 g/mol. The summed E-state index contributed by atoms with van der Waals surface area (Å²) in [6.45, 7) is 6.41. The van der Waals surface area contributed by atoms with Gasteiger partial charge in [-0.05, 0) is 31.7 Å². The topological polar surface area (TPSA) is 76.3 Å². The number of hydrogen-bond acceptors (Lipinski definition) is 7. The Balaban J connectivity index is 1.20. The molecular formula is C17H23N5O2. The number of hydrogen-bond donors (Lipinski definition) is 1. The molecule has 0 unspecified atom stereocenters. The summed E-state index contributed by atoms with van der Waals surface area (Å²) < 4.78 is 11.3. The molecule has 4 heterocycles. The van der Waals surface area contributed by atoms with Gasteiger partial charge in [0.2, 0.25) is 5.95 Å². The Labute approximate surface area is 141 Å². The van der Waals surface area contributed by atoms with Crippen molar-refractivity contribution in [2.45, 2.75) is 31.9 Å². The molecule has 0 saturated carbocycles. The number of nitrogens with one attached hydrogen (secondary N) is 1. The highest BCUT2D eigenvalue weighted by molar-refractivity contribution is 5.22. The summed E-state index contributed by atoms with van der Waals surface area (Å²) >= 11 is 0. The van der Waals surface area contributed by atoms with Gasteiger partial charge in [0.1, 0.15) is 5.76 Å². The highest BCUT2D eigenvalue weighted by Gasteiger charge is 2.46. The van der Waals surface area contributed by atoms with Crippen LogP contribution < -0.4 is 5.32 Å². The van der Waals surface area contributed by atoms with Gasteiger partial charge >= 0.3 is 0 Å². The lowest BCUT2D eigenvalue weighted by molar-refractivity contribution is -0.180. The number of rotatable bonds is 5. The minimum atomic E-state index is 0.0541. The van der Waals surface area contributed by atoms with Gasteiger partial charge < -0.3 is 14.6 Å². The van der Waals surface area contributed by atoms with Gasteiger partial charge in [0.25, 0.3) is 0 Å². The summed E-state index contributed by atoms with van der Waals surface area (Å²) in [5.74, 6) is 2.08. The first-order valence-corrected chi connectivity index (χ1v) is 8.50. The quantitative estimate of drug-likeness (QED) is 0.897. The van der Waals surface area contributed by atoms with Crippen molar-refractivity contribution in [1.29, 1.82) is 0 Å². The second kappa shape index (κ2) is 6.49. The van der Waals surface area contributed by atoms with Crippen LogP contribution in [0.15, 0.2) is 29.0 Å². The van der Waals surface area contributed by atoms with Gasteiger partial charge in [-0.1, -0.05) is 5.16 Å². The molecule has 128 valence electrons. The Morgan fingerprint density at radius 2 is 2.17 bits per heavy atom. The molecule has 2 aromatic heterocycles. The van der Waals surface area contributed by atoms with Crippen molar-refractivity contribution < 1.29 is 9.26 Å². The van der Waals surface area contributed by atoms with Crippen molar-refractivity contribution in [2.75, 3.05) is 31.6 Å². The molecule has 0 bridgehead atoms. The van der Waals surface area contributed by atoms with Gasteiger partial charge in [-0.25, -0.2) is 9.97 Å². The Bertz CT molecular complexity index is 659. The lowest BCUT2D eigenvalue weighted by Gasteiger charge is -2.52. The van der Waals surface area contributed by atoms with E-state index in [0.29, 0.717) is 11.9 Å². The fourth-order valence-corrected chi connectivity index (χ4v) is 3.56. The van der Waals surface area contributed by atoms with Gasteiger partial charge in [0.15, 0.2) is 0 Å². The zero-order valence-corrected chi connectivity index (χ0v) is 13.9. The fraction of sp³-hybridized carbons (Fsp3) is 0.588. The van der Waals surface area contributed by atoms with Crippen LogP contribution in [-0.2, 0) is 11.3 Å². The van der Waals surface area contributed by atoms with E-state index >= 15 is 0 Å². The van der Waals surface area contributed by atoms with Crippen LogP contribution in [0, 0.1) is 12.8 Å². The summed E-state index contributed by atoms with van der Waals surface area (Å²) in [6, 6.07) is 3.82. The maximum absolute atomic E-state index is 6.21. The van der Waals surface area contributed by atoms with E-state index in [9.17, 15) is 0 Å². The number of anilines is 1. The van der Waals surface area contributed by atoms with E-state index in [1.165, 1.54) is 6.42 Å². The van der Waals surface area contributed by atoms with Crippen LogP contribution in [0.2, 0.25) is 0 Å². The molecule has 2 aliphatic rings. The van der Waals surface area contributed by atoms with Crippen molar-refractivity contribution >= 4 is 5.95 Å². The first kappa shape index (κ1) is 15.5. The molecule has 1 N–H and O–H groups in total. The lowest BCUT2D eigenvalue weighted by Crippen LogP contribution is -2.64. The predicted octanol–water partition coefficient (Wildman–Crippen LogP) is 1.87. The summed E-state index contributed by atoms with van der Waals surface area (Å²) in [6.07, 6.45) is 5.79. The number of nitrogens with zero attached hydrogens (tertiary/aromatic N) is 4. The Hall–Kier alpha value is -1.99. The van der Waals surface area contributed by atoms with E-state index in [1.54, 1.807) is 12.4 Å². The SMILES string of the molecule is Cc1cc(CN2CC3(CC[C@@H](CNc4ncccn4)CO3)C2)no1. The molecule has 0 aliphatic carbocycles. The van der Waals surface area contributed by atoms with E-state index in [-0.39, 0.29) is 5.60 Å². The van der Waals surface area contributed by atoms with Crippen molar-refractivity contribution in [3.05, 3.63) is 36.0 Å². The van der Waals surface area contributed by atoms with E-state index in [1.807, 2.05) is 19.1 Å². The van der Waals surface area contributed by atoms with Crippen LogP contribution in [0.3, 0.4) is 0 Å². The van der Waals surface area contributed by atoms with Crippen molar-refractivity contribution in [2.24, 2.45) is 5.92 Å². The molecule has 2 aromatic rings. The third-order valence-electron chi connectivity index (χ3n) is 4.83. The maximum Gasteiger partial charge on any atom is 0.222 e. The first-order valence-electron chi connectivity index (χ1n) is 8.50. The van der Waals surface area contributed by atoms with Gasteiger partial charge in [-0.2, -0.15) is 0 Å². The third kappa shape index (κ3) is 3.42. The maximum atomic E-state index is 6.21. The van der Waals surface area contributed by atoms with Crippen molar-refractivity contribution in [1.82, 2.24) is 20.0 Å². The summed E-state index contributed by atoms with van der Waals surface area (Å²) in [4.78, 5) is 10.7. The van der Waals surface area contributed by atoms with Crippen LogP contribution in [0.25, 0.3) is 0 Å². The number of aryl methyl sites for hydroxylation is 1. The normalized spacial score (nSPS) is 23.1. The summed E-state index contributed by atoms with van der Waals surface area (Å²) in [5.41, 5.74) is 1.06. The predicted molar refractivity (Wildman–Crippen MR) is 88.4 cm³/mol. The molecular weight excluding hydrogens is 306 g/mol. The van der Waals surface area contributed by atoms with Crippen molar-refractivity contribution in [3.8, 4) is 0 Å². The average Bonchev–Trinajstić information content (AvgIpc) is 2.99. The molecule has 0 amide bonds. The number of aromatic nitrogens is 3. The Morgan fingerprint density at radius 1 is 1.33 bits per heavy atom. The van der Waals surface area contributed by atoms with Crippen LogP contribution in [-0.4, -0.2) is 51.9 Å². The largest absolute Gasteiger partial charge is 0.372 e. The molecule has 2 saturated heterocycles. The molecule has 0 radical (unpaired) electrons. The highest BCUT2D eigenvalue weighted by atomic mass is 16.5. The van der Waals surface area contributed by atoms with Crippen LogP contribution >= 0.6 is 0 Å². The van der Waals surface area contributed by atoms with E-state index in [4.69, 9.17) is 9.26 Å². The second-order valence-electron chi connectivity index (χ2n) is 6.93. The first-order chi connectivity index (χ1) is 11.7. The molecule has 24 heavy (non-hydrogen) atoms. The van der Waals surface area contributed by atoms with E-state index in [0.717, 1.165) is 50.7 Å². The van der Waals surface area contributed by atoms with Crippen LogP contribution in [0.4, 0.5) is 5.95 Å². The van der Waals surface area contributed by atoms with Crippen LogP contribution in [0.1, 0.15) is 24.3 Å². The molecule has 1 atom stereocenters. The lowest BCUT2D eigenvalue weighted by atomic mass is 9.83. The Morgan fingerprint density at radius 3 is 2.83 bits per heavy atom. The van der Waals surface area contributed by atoms with Crippen LogP contribution in [0.5, 0.6) is 0 Å². The molecule has 2 fully saturated rings. The van der Waals surface area contributed by atoms with Crippen molar-refractivity contribution in [3.63, 3.8) is 0 Å². The molecule has 1 spiro atoms. The molecule has 4 rings (SSSR count). The van der Waals surface area contributed by atoms with E-state index in [2.05, 4.69) is 25.3 Å². The minimum Gasteiger partial charge on any atom is -0.372 e. The second-order valence-corrected chi connectivity index (χ2v) is 6.93. The summed E-state index contributed by atoms with van der Waals surface area (Å²) in [5, 5.41) is 7.35. The zero-order chi connectivity index (χ0) is 16.4. The molecule has 0 aromatic carbocycles. The number of ether oxygens (including phenoxy) is 1. The van der Waals surface area contributed by atoms with Gasteiger partial charge in [-0.3, -0.25) is 4.90 Å². The van der Waals surface area contributed by atoms with Gasteiger partial charge in [0, 0.05) is 44.6 Å². The zero-order valence-electron chi connectivity index (χ0n) is 13.9. The van der Waals surface area contributed by atoms with Gasteiger partial charge in [-0.15, -0.1) is 0 Å². The highest BCUT2D eigenvalue weighted by Crippen LogP contribution is 2.36.